The van der Waals surface area contributed by atoms with Gasteiger partial charge in [-0.05, 0) is 52.3 Å². The van der Waals surface area contributed by atoms with Crippen molar-refractivity contribution in [3.8, 4) is 0 Å². The van der Waals surface area contributed by atoms with E-state index in [0.717, 1.165) is 4.47 Å². The van der Waals surface area contributed by atoms with Crippen LogP contribution in [0.25, 0.3) is 0 Å². The van der Waals surface area contributed by atoms with Crippen LogP contribution >= 0.6 is 27.5 Å². The Bertz CT molecular complexity index is 460. The van der Waals surface area contributed by atoms with Gasteiger partial charge in [0.2, 0.25) is 5.78 Å². The first-order valence-corrected chi connectivity index (χ1v) is 5.76. The highest BCUT2D eigenvalue weighted by Gasteiger charge is 2.09. The molecule has 0 amide bonds. The highest BCUT2D eigenvalue weighted by molar-refractivity contribution is 9.10. The smallest absolute Gasteiger partial charge is 0.211 e. The summed E-state index contributed by atoms with van der Waals surface area (Å²) in [6.07, 6.45) is 1.60. The number of nitrogens with zero attached hydrogens (tertiary/aromatic N) is 1. The van der Waals surface area contributed by atoms with Crippen LogP contribution in [0.3, 0.4) is 0 Å². The first-order chi connectivity index (χ1) is 7.66. The van der Waals surface area contributed by atoms with Crippen molar-refractivity contribution < 1.29 is 4.79 Å². The number of carbonyl (C=O) groups excluding carboxylic acids is 1. The Balaban J connectivity index is 2.32. The summed E-state index contributed by atoms with van der Waals surface area (Å²) >= 11 is 9.02. The minimum atomic E-state index is -0.107. The molecule has 0 saturated carbocycles. The van der Waals surface area contributed by atoms with Crippen molar-refractivity contribution in [2.24, 2.45) is 0 Å². The highest BCUT2D eigenvalue weighted by atomic mass is 79.9. The van der Waals surface area contributed by atoms with Crippen molar-refractivity contribution in [1.29, 1.82) is 0 Å². The molecule has 80 valence electrons. The number of halogens is 2. The summed E-state index contributed by atoms with van der Waals surface area (Å²) in [5, 5.41) is 0.611. The average Bonchev–Trinajstić information content (AvgIpc) is 2.30. The number of ketones is 1. The van der Waals surface area contributed by atoms with Crippen LogP contribution in [0.15, 0.2) is 47.1 Å². The highest BCUT2D eigenvalue weighted by Crippen LogP contribution is 2.14. The molecular formula is C12H7BrClNO. The molecule has 0 radical (unpaired) electrons. The van der Waals surface area contributed by atoms with Crippen LogP contribution in [0.1, 0.15) is 16.1 Å². The lowest BCUT2D eigenvalue weighted by atomic mass is 10.1. The maximum Gasteiger partial charge on any atom is 0.211 e. The molecular weight excluding hydrogens is 289 g/mol. The van der Waals surface area contributed by atoms with E-state index >= 15 is 0 Å². The molecule has 0 aliphatic rings. The molecule has 1 heterocycles. The van der Waals surface area contributed by atoms with Gasteiger partial charge in [-0.3, -0.25) is 9.78 Å². The van der Waals surface area contributed by atoms with Crippen molar-refractivity contribution in [3.63, 3.8) is 0 Å². The molecule has 4 heteroatoms. The maximum absolute atomic E-state index is 11.9. The lowest BCUT2D eigenvalue weighted by Crippen LogP contribution is -2.03. The van der Waals surface area contributed by atoms with E-state index in [1.807, 2.05) is 0 Å². The molecule has 0 aliphatic carbocycles. The van der Waals surface area contributed by atoms with Crippen molar-refractivity contribution in [2.45, 2.75) is 0 Å². The van der Waals surface area contributed by atoms with Crippen LogP contribution in [0.4, 0.5) is 0 Å². The number of pyridine rings is 1. The van der Waals surface area contributed by atoms with Gasteiger partial charge >= 0.3 is 0 Å². The van der Waals surface area contributed by atoms with E-state index in [2.05, 4.69) is 20.9 Å². The van der Waals surface area contributed by atoms with Crippen LogP contribution in [-0.4, -0.2) is 10.8 Å². The fourth-order valence-corrected chi connectivity index (χ4v) is 1.62. The zero-order valence-corrected chi connectivity index (χ0v) is 10.5. The molecule has 0 N–H and O–H groups in total. The predicted molar refractivity (Wildman–Crippen MR) is 66.8 cm³/mol. The first-order valence-electron chi connectivity index (χ1n) is 4.58. The second-order valence-electron chi connectivity index (χ2n) is 3.20. The number of benzene rings is 1. The Morgan fingerprint density at radius 2 is 1.81 bits per heavy atom. The third-order valence-electron chi connectivity index (χ3n) is 2.07. The van der Waals surface area contributed by atoms with Crippen LogP contribution in [0.5, 0.6) is 0 Å². The Hall–Kier alpha value is -1.19. The zero-order chi connectivity index (χ0) is 11.5. The first kappa shape index (κ1) is 11.3. The molecule has 2 nitrogen and oxygen atoms in total. The van der Waals surface area contributed by atoms with Gasteiger partial charge in [0.15, 0.2) is 0 Å². The van der Waals surface area contributed by atoms with Crippen molar-refractivity contribution in [2.75, 3.05) is 0 Å². The van der Waals surface area contributed by atoms with Crippen molar-refractivity contribution in [3.05, 3.63) is 63.3 Å². The fraction of sp³-hybridized carbons (Fsp3) is 0. The molecule has 2 aromatic rings. The summed E-state index contributed by atoms with van der Waals surface area (Å²) in [6.45, 7) is 0. The Morgan fingerprint density at radius 3 is 2.38 bits per heavy atom. The molecule has 1 aromatic carbocycles. The largest absolute Gasteiger partial charge is 0.287 e. The van der Waals surface area contributed by atoms with Crippen LogP contribution in [-0.2, 0) is 0 Å². The molecule has 0 spiro atoms. The Kier molecular flexibility index (Phi) is 3.36. The molecule has 16 heavy (non-hydrogen) atoms. The maximum atomic E-state index is 11.9. The summed E-state index contributed by atoms with van der Waals surface area (Å²) in [4.78, 5) is 16.0. The minimum absolute atomic E-state index is 0.107. The summed E-state index contributed by atoms with van der Waals surface area (Å²) in [7, 11) is 0. The van der Waals surface area contributed by atoms with Crippen molar-refractivity contribution in [1.82, 2.24) is 4.98 Å². The molecule has 0 fully saturated rings. The van der Waals surface area contributed by atoms with Gasteiger partial charge in [0.1, 0.15) is 5.69 Å². The van der Waals surface area contributed by atoms with Gasteiger partial charge in [-0.15, -0.1) is 0 Å². The van der Waals surface area contributed by atoms with Gasteiger partial charge in [0.25, 0.3) is 0 Å². The summed E-state index contributed by atoms with van der Waals surface area (Å²) in [5.74, 6) is -0.107. The van der Waals surface area contributed by atoms with E-state index in [4.69, 9.17) is 11.6 Å². The van der Waals surface area contributed by atoms with Crippen LogP contribution < -0.4 is 0 Å². The molecule has 2 rings (SSSR count). The summed E-state index contributed by atoms with van der Waals surface area (Å²) in [5.41, 5.74) is 1.00. The zero-order valence-electron chi connectivity index (χ0n) is 8.15. The summed E-state index contributed by atoms with van der Waals surface area (Å²) in [6, 6.07) is 10.2. The standard InChI is InChI=1S/C12H7BrClNO/c13-9-3-6-11(15-7-9)12(16)8-1-4-10(14)5-2-8/h1-7H. The average molecular weight is 297 g/mol. The molecule has 0 atom stereocenters. The lowest BCUT2D eigenvalue weighted by Gasteiger charge is -2.00. The van der Waals surface area contributed by atoms with Crippen LogP contribution in [0.2, 0.25) is 5.02 Å². The number of aromatic nitrogens is 1. The predicted octanol–water partition coefficient (Wildman–Crippen LogP) is 3.73. The number of hydrogen-bond acceptors (Lipinski definition) is 2. The normalized spacial score (nSPS) is 10.1. The molecule has 0 aliphatic heterocycles. The molecule has 0 unspecified atom stereocenters. The Morgan fingerprint density at radius 1 is 1.12 bits per heavy atom. The monoisotopic (exact) mass is 295 g/mol. The van der Waals surface area contributed by atoms with Gasteiger partial charge in [0, 0.05) is 21.3 Å². The van der Waals surface area contributed by atoms with E-state index in [1.54, 1.807) is 42.6 Å². The van der Waals surface area contributed by atoms with Crippen LogP contribution in [0, 0.1) is 0 Å². The third kappa shape index (κ3) is 2.49. The van der Waals surface area contributed by atoms with Gasteiger partial charge in [-0.1, -0.05) is 11.6 Å². The van der Waals surface area contributed by atoms with E-state index in [0.29, 0.717) is 16.3 Å². The molecule has 0 saturated heterocycles. The topological polar surface area (TPSA) is 30.0 Å². The minimum Gasteiger partial charge on any atom is -0.287 e. The van der Waals surface area contributed by atoms with Gasteiger partial charge in [0.05, 0.1) is 0 Å². The number of rotatable bonds is 2. The second-order valence-corrected chi connectivity index (χ2v) is 4.55. The number of hydrogen-bond donors (Lipinski definition) is 0. The lowest BCUT2D eigenvalue weighted by molar-refractivity contribution is 0.103. The van der Waals surface area contributed by atoms with Gasteiger partial charge < -0.3 is 0 Å². The third-order valence-corrected chi connectivity index (χ3v) is 2.79. The second kappa shape index (κ2) is 4.76. The SMILES string of the molecule is O=C(c1ccc(Cl)cc1)c1ccc(Br)cn1. The number of carbonyl (C=O) groups is 1. The quantitative estimate of drug-likeness (QED) is 0.790. The molecule has 0 bridgehead atoms. The van der Waals surface area contributed by atoms with Gasteiger partial charge in [-0.2, -0.15) is 0 Å². The van der Waals surface area contributed by atoms with E-state index in [9.17, 15) is 4.79 Å². The fourth-order valence-electron chi connectivity index (χ4n) is 1.26. The molecule has 1 aromatic heterocycles. The van der Waals surface area contributed by atoms with Gasteiger partial charge in [-0.25, -0.2) is 0 Å². The van der Waals surface area contributed by atoms with E-state index in [1.165, 1.54) is 0 Å². The summed E-state index contributed by atoms with van der Waals surface area (Å²) < 4.78 is 0.847. The van der Waals surface area contributed by atoms with E-state index < -0.39 is 0 Å². The van der Waals surface area contributed by atoms with Crippen molar-refractivity contribution >= 4 is 33.3 Å². The van der Waals surface area contributed by atoms with E-state index in [-0.39, 0.29) is 5.78 Å². The Labute approximate surface area is 106 Å².